The number of carbonyl (C=O) groups is 2. The molecule has 0 aromatic carbocycles. The zero-order chi connectivity index (χ0) is 10.8. The highest BCUT2D eigenvalue weighted by Crippen LogP contribution is 2.31. The number of aliphatic hydroxyl groups excluding tert-OH is 1. The van der Waals surface area contributed by atoms with Crippen LogP contribution in [0.1, 0.15) is 32.1 Å². The average molecular weight is 210 g/mol. The van der Waals surface area contributed by atoms with Crippen molar-refractivity contribution in [1.82, 2.24) is 0 Å². The Labute approximate surface area is 87.9 Å². The summed E-state index contributed by atoms with van der Waals surface area (Å²) < 4.78 is 4.58. The van der Waals surface area contributed by atoms with Gasteiger partial charge in [-0.05, 0) is 12.8 Å². The third-order valence-electron chi connectivity index (χ3n) is 3.07. The number of hydrogen-bond donors (Lipinski definition) is 1. The third-order valence-corrected chi connectivity index (χ3v) is 3.07. The SMILES string of the molecule is O=C1COC(=O)/C1=C(\O)C1CCCCC1. The minimum absolute atomic E-state index is 0.0247. The van der Waals surface area contributed by atoms with Crippen LogP contribution < -0.4 is 0 Å². The topological polar surface area (TPSA) is 63.6 Å². The Balaban J connectivity index is 2.22. The summed E-state index contributed by atoms with van der Waals surface area (Å²) in [5.41, 5.74) is -0.109. The van der Waals surface area contributed by atoms with E-state index in [2.05, 4.69) is 4.74 Å². The number of esters is 1. The molecule has 1 aliphatic carbocycles. The fourth-order valence-corrected chi connectivity index (χ4v) is 2.22. The molecule has 4 heteroatoms. The van der Waals surface area contributed by atoms with E-state index in [1.807, 2.05) is 0 Å². The molecule has 4 nitrogen and oxygen atoms in total. The van der Waals surface area contributed by atoms with Gasteiger partial charge in [-0.15, -0.1) is 0 Å². The summed E-state index contributed by atoms with van der Waals surface area (Å²) in [6.07, 6.45) is 4.97. The van der Waals surface area contributed by atoms with Crippen molar-refractivity contribution in [2.75, 3.05) is 6.61 Å². The van der Waals surface area contributed by atoms with Gasteiger partial charge >= 0.3 is 5.97 Å². The molecule has 15 heavy (non-hydrogen) atoms. The summed E-state index contributed by atoms with van der Waals surface area (Å²) >= 11 is 0. The molecule has 0 aromatic rings. The van der Waals surface area contributed by atoms with Gasteiger partial charge in [0.25, 0.3) is 0 Å². The van der Waals surface area contributed by atoms with E-state index >= 15 is 0 Å². The van der Waals surface area contributed by atoms with Crippen molar-refractivity contribution in [3.05, 3.63) is 11.3 Å². The van der Waals surface area contributed by atoms with Crippen molar-refractivity contribution in [2.45, 2.75) is 32.1 Å². The van der Waals surface area contributed by atoms with E-state index in [4.69, 9.17) is 0 Å². The standard InChI is InChI=1S/C11H14O4/c12-8-6-15-11(14)9(8)10(13)7-4-2-1-3-5-7/h7,13H,1-6H2/b10-9-. The van der Waals surface area contributed by atoms with Crippen LogP contribution >= 0.6 is 0 Å². The lowest BCUT2D eigenvalue weighted by molar-refractivity contribution is -0.135. The van der Waals surface area contributed by atoms with Gasteiger partial charge in [0.05, 0.1) is 0 Å². The van der Waals surface area contributed by atoms with Gasteiger partial charge in [-0.2, -0.15) is 0 Å². The maximum Gasteiger partial charge on any atom is 0.345 e. The predicted octanol–water partition coefficient (Wildman–Crippen LogP) is 1.50. The lowest BCUT2D eigenvalue weighted by Crippen LogP contribution is -2.15. The Hall–Kier alpha value is -1.32. The summed E-state index contributed by atoms with van der Waals surface area (Å²) in [7, 11) is 0. The van der Waals surface area contributed by atoms with Gasteiger partial charge in [0.2, 0.25) is 5.78 Å². The van der Waals surface area contributed by atoms with E-state index in [1.165, 1.54) is 0 Å². The molecule has 1 N–H and O–H groups in total. The second kappa shape index (κ2) is 4.04. The van der Waals surface area contributed by atoms with E-state index in [1.54, 1.807) is 0 Å². The third kappa shape index (κ3) is 1.89. The molecule has 1 saturated carbocycles. The van der Waals surface area contributed by atoms with Crippen LogP contribution in [0.15, 0.2) is 11.3 Å². The zero-order valence-corrected chi connectivity index (χ0v) is 8.49. The van der Waals surface area contributed by atoms with Crippen LogP contribution in [0.2, 0.25) is 0 Å². The number of carbonyl (C=O) groups excluding carboxylic acids is 2. The predicted molar refractivity (Wildman–Crippen MR) is 52.2 cm³/mol. The minimum Gasteiger partial charge on any atom is -0.511 e. The van der Waals surface area contributed by atoms with Crippen LogP contribution in [0.4, 0.5) is 0 Å². The highest BCUT2D eigenvalue weighted by Gasteiger charge is 2.34. The van der Waals surface area contributed by atoms with E-state index < -0.39 is 5.97 Å². The molecule has 2 fully saturated rings. The van der Waals surface area contributed by atoms with Crippen molar-refractivity contribution in [3.8, 4) is 0 Å². The molecule has 0 bridgehead atoms. The van der Waals surface area contributed by atoms with E-state index in [9.17, 15) is 14.7 Å². The number of Topliss-reactive ketones (excluding diaryl/α,β-unsaturated/α-hetero) is 1. The molecule has 2 aliphatic rings. The Bertz CT molecular complexity index is 305. The van der Waals surface area contributed by atoms with E-state index in [0.717, 1.165) is 32.1 Å². The lowest BCUT2D eigenvalue weighted by atomic mass is 9.86. The highest BCUT2D eigenvalue weighted by atomic mass is 16.5. The van der Waals surface area contributed by atoms with E-state index in [-0.39, 0.29) is 29.6 Å². The van der Waals surface area contributed by atoms with Crippen LogP contribution in [-0.2, 0) is 14.3 Å². The maximum absolute atomic E-state index is 11.3. The van der Waals surface area contributed by atoms with Crippen LogP contribution in [0.25, 0.3) is 0 Å². The molecule has 0 spiro atoms. The number of aliphatic hydroxyl groups is 1. The molecule has 0 unspecified atom stereocenters. The maximum atomic E-state index is 11.3. The average Bonchev–Trinajstić information content (AvgIpc) is 2.59. The first-order valence-corrected chi connectivity index (χ1v) is 5.33. The number of allylic oxidation sites excluding steroid dienone is 1. The van der Waals surface area contributed by atoms with Crippen LogP contribution in [0.5, 0.6) is 0 Å². The Morgan fingerprint density at radius 2 is 1.87 bits per heavy atom. The smallest absolute Gasteiger partial charge is 0.345 e. The van der Waals surface area contributed by atoms with Gasteiger partial charge in [-0.25, -0.2) is 4.79 Å². The van der Waals surface area contributed by atoms with Gasteiger partial charge in [0.1, 0.15) is 11.3 Å². The molecule has 0 amide bonds. The van der Waals surface area contributed by atoms with E-state index in [0.29, 0.717) is 0 Å². The Morgan fingerprint density at radius 1 is 1.20 bits per heavy atom. The van der Waals surface area contributed by atoms with Gasteiger partial charge < -0.3 is 9.84 Å². The second-order valence-electron chi connectivity index (χ2n) is 4.09. The van der Waals surface area contributed by atoms with Gasteiger partial charge in [0.15, 0.2) is 6.61 Å². The Morgan fingerprint density at radius 3 is 2.40 bits per heavy atom. The van der Waals surface area contributed by atoms with Crippen molar-refractivity contribution < 1.29 is 19.4 Å². The number of ether oxygens (including phenoxy) is 1. The largest absolute Gasteiger partial charge is 0.511 e. The molecular formula is C11H14O4. The summed E-state index contributed by atoms with van der Waals surface area (Å²) in [5.74, 6) is -1.11. The van der Waals surface area contributed by atoms with Crippen molar-refractivity contribution in [2.24, 2.45) is 5.92 Å². The van der Waals surface area contributed by atoms with Gasteiger partial charge in [-0.1, -0.05) is 19.3 Å². The lowest BCUT2D eigenvalue weighted by Gasteiger charge is -2.21. The van der Waals surface area contributed by atoms with Crippen molar-refractivity contribution >= 4 is 11.8 Å². The highest BCUT2D eigenvalue weighted by molar-refractivity contribution is 6.22. The molecule has 82 valence electrons. The number of hydrogen-bond acceptors (Lipinski definition) is 4. The molecule has 0 aromatic heterocycles. The zero-order valence-electron chi connectivity index (χ0n) is 8.49. The van der Waals surface area contributed by atoms with Gasteiger partial charge in [0, 0.05) is 5.92 Å². The van der Waals surface area contributed by atoms with Crippen molar-refractivity contribution in [3.63, 3.8) is 0 Å². The summed E-state index contributed by atoms with van der Waals surface area (Å²) in [6, 6.07) is 0. The molecule has 1 heterocycles. The van der Waals surface area contributed by atoms with Crippen LogP contribution in [0, 0.1) is 5.92 Å². The summed E-state index contributed by atoms with van der Waals surface area (Å²) in [5, 5.41) is 9.87. The summed E-state index contributed by atoms with van der Waals surface area (Å²) in [6.45, 7) is -0.217. The monoisotopic (exact) mass is 210 g/mol. The second-order valence-corrected chi connectivity index (χ2v) is 4.09. The normalized spacial score (nSPS) is 26.7. The minimum atomic E-state index is -0.664. The number of cyclic esters (lactones) is 1. The molecular weight excluding hydrogens is 196 g/mol. The number of rotatable bonds is 1. The molecule has 1 saturated heterocycles. The Kier molecular flexibility index (Phi) is 2.75. The van der Waals surface area contributed by atoms with Crippen molar-refractivity contribution in [1.29, 1.82) is 0 Å². The fourth-order valence-electron chi connectivity index (χ4n) is 2.22. The fraction of sp³-hybridized carbons (Fsp3) is 0.636. The number of ketones is 1. The van der Waals surface area contributed by atoms with Crippen LogP contribution in [-0.4, -0.2) is 23.5 Å². The first-order chi connectivity index (χ1) is 7.20. The molecule has 1 aliphatic heterocycles. The molecule has 2 rings (SSSR count). The van der Waals surface area contributed by atoms with Crippen LogP contribution in [0.3, 0.4) is 0 Å². The summed E-state index contributed by atoms with van der Waals surface area (Å²) in [4.78, 5) is 22.5. The first kappa shape index (κ1) is 10.2. The quantitative estimate of drug-likeness (QED) is 0.308. The van der Waals surface area contributed by atoms with Gasteiger partial charge in [-0.3, -0.25) is 4.79 Å². The first-order valence-electron chi connectivity index (χ1n) is 5.33. The molecule has 0 atom stereocenters. The molecule has 0 radical (unpaired) electrons.